The van der Waals surface area contributed by atoms with Crippen molar-refractivity contribution in [3.63, 3.8) is 0 Å². The van der Waals surface area contributed by atoms with Crippen LogP contribution in [0.5, 0.6) is 0 Å². The molecule has 2 aromatic rings. The smallest absolute Gasteiger partial charge is 0.230 e. The van der Waals surface area contributed by atoms with Crippen LogP contribution in [-0.2, 0) is 16.3 Å². The van der Waals surface area contributed by atoms with Gasteiger partial charge in [0.05, 0.1) is 5.75 Å². The molecule has 0 aliphatic carbocycles. The van der Waals surface area contributed by atoms with Crippen LogP contribution in [-0.4, -0.2) is 24.0 Å². The van der Waals surface area contributed by atoms with Crippen LogP contribution < -0.4 is 5.32 Å². The van der Waals surface area contributed by atoms with Gasteiger partial charge >= 0.3 is 0 Å². The summed E-state index contributed by atoms with van der Waals surface area (Å²) in [7, 11) is 0. The summed E-state index contributed by atoms with van der Waals surface area (Å²) in [5.41, 5.74) is 1.77. The second-order valence-electron chi connectivity index (χ2n) is 5.26. The standard InChI is InChI=1S/C18H18Cl2FNOS2/c19-15-4-1-13(2-5-15)10-24-8-7-22-18(23)12-25-11-14-3-6-16(20)9-17(14)21/h1-6,9H,7-8,10-12H2,(H,22,23). The van der Waals surface area contributed by atoms with E-state index in [1.807, 2.05) is 24.3 Å². The second kappa shape index (κ2) is 11.0. The van der Waals surface area contributed by atoms with Crippen LogP contribution >= 0.6 is 46.7 Å². The molecule has 0 aromatic heterocycles. The van der Waals surface area contributed by atoms with Gasteiger partial charge in [0.1, 0.15) is 5.82 Å². The molecule has 0 heterocycles. The lowest BCUT2D eigenvalue weighted by Crippen LogP contribution is -2.27. The second-order valence-corrected chi connectivity index (χ2v) is 8.22. The molecule has 0 saturated carbocycles. The van der Waals surface area contributed by atoms with Crippen molar-refractivity contribution in [3.05, 3.63) is 69.5 Å². The largest absolute Gasteiger partial charge is 0.355 e. The van der Waals surface area contributed by atoms with Crippen LogP contribution in [0.4, 0.5) is 4.39 Å². The summed E-state index contributed by atoms with van der Waals surface area (Å²) in [4.78, 5) is 11.8. The van der Waals surface area contributed by atoms with Crippen LogP contribution in [0.3, 0.4) is 0 Å². The molecule has 0 aliphatic heterocycles. The summed E-state index contributed by atoms with van der Waals surface area (Å²) in [6.45, 7) is 0.618. The molecule has 0 spiro atoms. The van der Waals surface area contributed by atoms with E-state index in [2.05, 4.69) is 5.32 Å². The van der Waals surface area contributed by atoms with Crippen LogP contribution in [0.2, 0.25) is 10.0 Å². The molecular weight excluding hydrogens is 400 g/mol. The number of carbonyl (C=O) groups is 1. The monoisotopic (exact) mass is 417 g/mol. The average Bonchev–Trinajstić information content (AvgIpc) is 2.58. The summed E-state index contributed by atoms with van der Waals surface area (Å²) in [6.07, 6.45) is 0. The van der Waals surface area contributed by atoms with E-state index in [4.69, 9.17) is 23.2 Å². The van der Waals surface area contributed by atoms with Crippen LogP contribution in [0.25, 0.3) is 0 Å². The van der Waals surface area contributed by atoms with Gasteiger partial charge in [-0.3, -0.25) is 4.79 Å². The number of hydrogen-bond acceptors (Lipinski definition) is 3. The highest BCUT2D eigenvalue weighted by Gasteiger charge is 2.06. The molecule has 1 N–H and O–H groups in total. The molecule has 2 rings (SSSR count). The van der Waals surface area contributed by atoms with Gasteiger partial charge in [0.25, 0.3) is 0 Å². The number of hydrogen-bond donors (Lipinski definition) is 1. The Bertz CT molecular complexity index is 698. The molecule has 2 aromatic carbocycles. The maximum atomic E-state index is 13.6. The van der Waals surface area contributed by atoms with E-state index in [-0.39, 0.29) is 11.7 Å². The fourth-order valence-electron chi connectivity index (χ4n) is 1.98. The molecule has 0 fully saturated rings. The topological polar surface area (TPSA) is 29.1 Å². The van der Waals surface area contributed by atoms with Crippen molar-refractivity contribution in [1.82, 2.24) is 5.32 Å². The van der Waals surface area contributed by atoms with E-state index in [9.17, 15) is 9.18 Å². The molecule has 0 aliphatic rings. The Labute approximate surface area is 165 Å². The zero-order valence-electron chi connectivity index (χ0n) is 13.4. The molecule has 1 amide bonds. The molecular formula is C18H18Cl2FNOS2. The van der Waals surface area contributed by atoms with Crippen molar-refractivity contribution < 1.29 is 9.18 Å². The first-order valence-electron chi connectivity index (χ1n) is 7.65. The number of nitrogens with one attached hydrogen (secondary N) is 1. The van der Waals surface area contributed by atoms with Gasteiger partial charge in [-0.05, 0) is 35.4 Å². The third-order valence-corrected chi connectivity index (χ3v) is 5.76. The molecule has 0 saturated heterocycles. The van der Waals surface area contributed by atoms with Crippen molar-refractivity contribution in [2.75, 3.05) is 18.1 Å². The lowest BCUT2D eigenvalue weighted by Gasteiger charge is -2.06. The fourth-order valence-corrected chi connectivity index (χ4v) is 3.92. The van der Waals surface area contributed by atoms with Crippen molar-refractivity contribution in [2.24, 2.45) is 0 Å². The van der Waals surface area contributed by atoms with Gasteiger partial charge in [0.2, 0.25) is 5.91 Å². The Hall–Kier alpha value is -0.880. The third-order valence-electron chi connectivity index (χ3n) is 3.26. The Morgan fingerprint density at radius 1 is 1.00 bits per heavy atom. The minimum Gasteiger partial charge on any atom is -0.355 e. The number of halogens is 3. The number of thioether (sulfide) groups is 2. The number of carbonyl (C=O) groups excluding carboxylic acids is 1. The molecule has 0 radical (unpaired) electrons. The molecule has 7 heteroatoms. The molecule has 0 bridgehead atoms. The lowest BCUT2D eigenvalue weighted by molar-refractivity contribution is -0.118. The third kappa shape index (κ3) is 7.90. The summed E-state index contributed by atoms with van der Waals surface area (Å²) < 4.78 is 13.6. The maximum absolute atomic E-state index is 13.6. The van der Waals surface area contributed by atoms with E-state index in [1.54, 1.807) is 23.9 Å². The van der Waals surface area contributed by atoms with Gasteiger partial charge in [-0.1, -0.05) is 41.4 Å². The summed E-state index contributed by atoms with van der Waals surface area (Å²) in [6, 6.07) is 12.3. The van der Waals surface area contributed by atoms with Gasteiger partial charge in [0.15, 0.2) is 0 Å². The van der Waals surface area contributed by atoms with E-state index in [0.717, 1.165) is 16.5 Å². The average molecular weight is 418 g/mol. The number of rotatable bonds is 9. The van der Waals surface area contributed by atoms with Crippen molar-refractivity contribution >= 4 is 52.6 Å². The Kier molecular flexibility index (Phi) is 8.96. The zero-order chi connectivity index (χ0) is 18.1. The van der Waals surface area contributed by atoms with E-state index in [0.29, 0.717) is 28.6 Å². The summed E-state index contributed by atoms with van der Waals surface area (Å²) >= 11 is 14.7. The van der Waals surface area contributed by atoms with E-state index >= 15 is 0 Å². The van der Waals surface area contributed by atoms with Gasteiger partial charge in [0, 0.05) is 33.8 Å². The molecule has 0 unspecified atom stereocenters. The first kappa shape index (κ1) is 20.4. The van der Waals surface area contributed by atoms with E-state index in [1.165, 1.54) is 23.4 Å². The minimum atomic E-state index is -0.334. The maximum Gasteiger partial charge on any atom is 0.230 e. The lowest BCUT2D eigenvalue weighted by atomic mass is 10.2. The highest BCUT2D eigenvalue weighted by atomic mass is 35.5. The van der Waals surface area contributed by atoms with Crippen LogP contribution in [0, 0.1) is 5.82 Å². The fraction of sp³-hybridized carbons (Fsp3) is 0.278. The predicted molar refractivity (Wildman–Crippen MR) is 108 cm³/mol. The summed E-state index contributed by atoms with van der Waals surface area (Å²) in [5.74, 6) is 2.11. The minimum absolute atomic E-state index is 0.0357. The zero-order valence-corrected chi connectivity index (χ0v) is 16.6. The molecule has 0 atom stereocenters. The normalized spacial score (nSPS) is 10.7. The summed E-state index contributed by atoms with van der Waals surface area (Å²) in [5, 5.41) is 3.98. The van der Waals surface area contributed by atoms with Crippen molar-refractivity contribution in [3.8, 4) is 0 Å². The number of amides is 1. The van der Waals surface area contributed by atoms with Gasteiger partial charge in [-0.15, -0.1) is 11.8 Å². The Morgan fingerprint density at radius 3 is 2.44 bits per heavy atom. The highest BCUT2D eigenvalue weighted by molar-refractivity contribution is 7.99. The van der Waals surface area contributed by atoms with Gasteiger partial charge in [-0.25, -0.2) is 4.39 Å². The first-order chi connectivity index (χ1) is 12.0. The highest BCUT2D eigenvalue weighted by Crippen LogP contribution is 2.19. The van der Waals surface area contributed by atoms with Gasteiger partial charge in [-0.2, -0.15) is 11.8 Å². The number of benzene rings is 2. The van der Waals surface area contributed by atoms with Crippen molar-refractivity contribution in [2.45, 2.75) is 11.5 Å². The van der Waals surface area contributed by atoms with E-state index < -0.39 is 0 Å². The van der Waals surface area contributed by atoms with Crippen LogP contribution in [0.15, 0.2) is 42.5 Å². The molecule has 134 valence electrons. The predicted octanol–water partition coefficient (Wildman–Crippen LogP) is 5.42. The quantitative estimate of drug-likeness (QED) is 0.552. The van der Waals surface area contributed by atoms with Gasteiger partial charge < -0.3 is 5.32 Å². The molecule has 2 nitrogen and oxygen atoms in total. The SMILES string of the molecule is O=C(CSCc1ccc(Cl)cc1F)NCCSCc1ccc(Cl)cc1. The van der Waals surface area contributed by atoms with Crippen molar-refractivity contribution in [1.29, 1.82) is 0 Å². The first-order valence-corrected chi connectivity index (χ1v) is 10.7. The Morgan fingerprint density at radius 2 is 1.72 bits per heavy atom. The Balaban J connectivity index is 1.55. The molecule has 25 heavy (non-hydrogen) atoms. The van der Waals surface area contributed by atoms with Crippen LogP contribution in [0.1, 0.15) is 11.1 Å².